The maximum atomic E-state index is 3.71. The number of hydrogen-bond acceptors (Lipinski definition) is 3. The van der Waals surface area contributed by atoms with Gasteiger partial charge in [-0.1, -0.05) is 26.7 Å². The monoisotopic (exact) mass is 281 g/mol. The fourth-order valence-electron chi connectivity index (χ4n) is 4.03. The highest BCUT2D eigenvalue weighted by molar-refractivity contribution is 4.91. The SMILES string of the molecule is CC(C)NCC1(CN(C)C2CCN(C)CC2)CCCC1. The topological polar surface area (TPSA) is 18.5 Å². The van der Waals surface area contributed by atoms with Gasteiger partial charge >= 0.3 is 0 Å². The highest BCUT2D eigenvalue weighted by Gasteiger charge is 2.36. The van der Waals surface area contributed by atoms with Gasteiger partial charge in [0.2, 0.25) is 0 Å². The summed E-state index contributed by atoms with van der Waals surface area (Å²) in [6.07, 6.45) is 8.40. The highest BCUT2D eigenvalue weighted by Crippen LogP contribution is 2.39. The second kappa shape index (κ2) is 7.24. The molecule has 2 fully saturated rings. The Balaban J connectivity index is 1.87. The second-order valence-corrected chi connectivity index (χ2v) is 7.69. The summed E-state index contributed by atoms with van der Waals surface area (Å²) in [6, 6.07) is 1.42. The summed E-state index contributed by atoms with van der Waals surface area (Å²) in [6.45, 7) is 9.58. The molecule has 118 valence electrons. The summed E-state index contributed by atoms with van der Waals surface area (Å²) >= 11 is 0. The van der Waals surface area contributed by atoms with Crippen molar-refractivity contribution in [2.45, 2.75) is 64.5 Å². The fraction of sp³-hybridized carbons (Fsp3) is 1.00. The first kappa shape index (κ1) is 16.3. The lowest BCUT2D eigenvalue weighted by Crippen LogP contribution is -2.48. The van der Waals surface area contributed by atoms with Crippen LogP contribution in [0.4, 0.5) is 0 Å². The predicted octanol–water partition coefficient (Wildman–Crippen LogP) is 2.57. The van der Waals surface area contributed by atoms with Gasteiger partial charge in [-0.2, -0.15) is 0 Å². The number of nitrogens with one attached hydrogen (secondary N) is 1. The average Bonchev–Trinajstić information content (AvgIpc) is 2.86. The highest BCUT2D eigenvalue weighted by atomic mass is 15.2. The van der Waals surface area contributed by atoms with Gasteiger partial charge in [-0.05, 0) is 58.3 Å². The van der Waals surface area contributed by atoms with E-state index in [9.17, 15) is 0 Å². The van der Waals surface area contributed by atoms with Crippen molar-refractivity contribution in [1.82, 2.24) is 15.1 Å². The Hall–Kier alpha value is -0.120. The molecule has 0 amide bonds. The zero-order chi connectivity index (χ0) is 14.6. The van der Waals surface area contributed by atoms with Crippen molar-refractivity contribution in [3.63, 3.8) is 0 Å². The number of hydrogen-bond donors (Lipinski definition) is 1. The molecule has 0 radical (unpaired) electrons. The lowest BCUT2D eigenvalue weighted by Gasteiger charge is -2.41. The molecule has 0 atom stereocenters. The van der Waals surface area contributed by atoms with Crippen LogP contribution in [0, 0.1) is 5.41 Å². The molecule has 0 spiro atoms. The van der Waals surface area contributed by atoms with Gasteiger partial charge < -0.3 is 15.1 Å². The zero-order valence-corrected chi connectivity index (χ0v) is 14.1. The standard InChI is InChI=1S/C17H35N3/c1-15(2)18-13-17(9-5-6-10-17)14-20(4)16-7-11-19(3)12-8-16/h15-16,18H,5-14H2,1-4H3. The van der Waals surface area contributed by atoms with E-state index in [1.807, 2.05) is 0 Å². The molecule has 3 nitrogen and oxygen atoms in total. The fourth-order valence-corrected chi connectivity index (χ4v) is 4.03. The number of nitrogens with zero attached hydrogens (tertiary/aromatic N) is 2. The summed E-state index contributed by atoms with van der Waals surface area (Å²) in [4.78, 5) is 5.15. The normalized spacial score (nSPS) is 24.9. The molecule has 3 heteroatoms. The van der Waals surface area contributed by atoms with Crippen molar-refractivity contribution in [1.29, 1.82) is 0 Å². The summed E-state index contributed by atoms with van der Waals surface area (Å²) in [5.74, 6) is 0. The van der Waals surface area contributed by atoms with E-state index in [0.717, 1.165) is 6.04 Å². The van der Waals surface area contributed by atoms with Crippen LogP contribution in [0.3, 0.4) is 0 Å². The minimum atomic E-state index is 0.544. The van der Waals surface area contributed by atoms with E-state index in [0.29, 0.717) is 11.5 Å². The average molecular weight is 281 g/mol. The third-order valence-corrected chi connectivity index (χ3v) is 5.45. The largest absolute Gasteiger partial charge is 0.314 e. The van der Waals surface area contributed by atoms with Gasteiger partial charge in [0.25, 0.3) is 0 Å². The minimum Gasteiger partial charge on any atom is -0.314 e. The Morgan fingerprint density at radius 3 is 2.35 bits per heavy atom. The Morgan fingerprint density at radius 2 is 1.80 bits per heavy atom. The molecule has 1 heterocycles. The van der Waals surface area contributed by atoms with E-state index in [2.05, 4.69) is 43.1 Å². The van der Waals surface area contributed by atoms with Crippen LogP contribution in [0.5, 0.6) is 0 Å². The molecule has 2 aliphatic rings. The van der Waals surface area contributed by atoms with Crippen molar-refractivity contribution in [2.24, 2.45) is 5.41 Å². The van der Waals surface area contributed by atoms with E-state index < -0.39 is 0 Å². The maximum Gasteiger partial charge on any atom is 0.0117 e. The van der Waals surface area contributed by atoms with Gasteiger partial charge in [0.05, 0.1) is 0 Å². The number of likely N-dealkylation sites (tertiary alicyclic amines) is 1. The molecule has 1 saturated carbocycles. The van der Waals surface area contributed by atoms with Gasteiger partial charge in [0, 0.05) is 25.2 Å². The summed E-state index contributed by atoms with van der Waals surface area (Å²) in [7, 11) is 4.62. The van der Waals surface area contributed by atoms with Crippen molar-refractivity contribution in [3.05, 3.63) is 0 Å². The Bertz CT molecular complexity index is 276. The van der Waals surface area contributed by atoms with Gasteiger partial charge in [0.15, 0.2) is 0 Å². The third-order valence-electron chi connectivity index (χ3n) is 5.45. The molecule has 0 aromatic carbocycles. The third kappa shape index (κ3) is 4.44. The Labute approximate surface area is 126 Å². The van der Waals surface area contributed by atoms with Crippen molar-refractivity contribution < 1.29 is 0 Å². The first-order chi connectivity index (χ1) is 9.51. The smallest absolute Gasteiger partial charge is 0.0117 e. The van der Waals surface area contributed by atoms with Gasteiger partial charge in [-0.25, -0.2) is 0 Å². The Kier molecular flexibility index (Phi) is 5.88. The van der Waals surface area contributed by atoms with Crippen LogP contribution < -0.4 is 5.32 Å². The Morgan fingerprint density at radius 1 is 1.20 bits per heavy atom. The van der Waals surface area contributed by atoms with E-state index in [4.69, 9.17) is 0 Å². The molecule has 0 aromatic heterocycles. The van der Waals surface area contributed by atoms with Crippen LogP contribution in [0.2, 0.25) is 0 Å². The summed E-state index contributed by atoms with van der Waals surface area (Å²) < 4.78 is 0. The number of piperidine rings is 1. The van der Waals surface area contributed by atoms with Crippen LogP contribution >= 0.6 is 0 Å². The molecule has 0 bridgehead atoms. The van der Waals surface area contributed by atoms with E-state index in [1.54, 1.807) is 0 Å². The van der Waals surface area contributed by atoms with Crippen molar-refractivity contribution >= 4 is 0 Å². The van der Waals surface area contributed by atoms with Crippen molar-refractivity contribution in [2.75, 3.05) is 40.3 Å². The van der Waals surface area contributed by atoms with Gasteiger partial charge in [-0.15, -0.1) is 0 Å². The first-order valence-corrected chi connectivity index (χ1v) is 8.63. The zero-order valence-electron chi connectivity index (χ0n) is 14.1. The quantitative estimate of drug-likeness (QED) is 0.807. The van der Waals surface area contributed by atoms with Crippen LogP contribution in [-0.2, 0) is 0 Å². The molecule has 0 unspecified atom stereocenters. The van der Waals surface area contributed by atoms with E-state index >= 15 is 0 Å². The van der Waals surface area contributed by atoms with Crippen LogP contribution in [0.1, 0.15) is 52.4 Å². The second-order valence-electron chi connectivity index (χ2n) is 7.69. The molecular weight excluding hydrogens is 246 g/mol. The summed E-state index contributed by atoms with van der Waals surface area (Å²) in [5, 5.41) is 3.71. The van der Waals surface area contributed by atoms with E-state index in [-0.39, 0.29) is 0 Å². The predicted molar refractivity (Wildman–Crippen MR) is 87.2 cm³/mol. The first-order valence-electron chi connectivity index (χ1n) is 8.63. The summed E-state index contributed by atoms with van der Waals surface area (Å²) in [5.41, 5.74) is 0.544. The van der Waals surface area contributed by atoms with Crippen LogP contribution in [0.15, 0.2) is 0 Å². The van der Waals surface area contributed by atoms with Crippen LogP contribution in [-0.4, -0.2) is 62.2 Å². The maximum absolute atomic E-state index is 3.71. The van der Waals surface area contributed by atoms with E-state index in [1.165, 1.54) is 64.7 Å². The minimum absolute atomic E-state index is 0.544. The molecule has 1 aliphatic carbocycles. The molecule has 1 N–H and O–H groups in total. The molecule has 20 heavy (non-hydrogen) atoms. The molecule has 1 aliphatic heterocycles. The molecule has 2 rings (SSSR count). The lowest BCUT2D eigenvalue weighted by molar-refractivity contribution is 0.0925. The molecule has 0 aromatic rings. The molecular formula is C17H35N3. The van der Waals surface area contributed by atoms with Gasteiger partial charge in [0.1, 0.15) is 0 Å². The number of rotatable bonds is 6. The van der Waals surface area contributed by atoms with Crippen molar-refractivity contribution in [3.8, 4) is 0 Å². The van der Waals surface area contributed by atoms with Crippen LogP contribution in [0.25, 0.3) is 0 Å². The lowest BCUT2D eigenvalue weighted by atomic mass is 9.84. The molecule has 1 saturated heterocycles. The van der Waals surface area contributed by atoms with Gasteiger partial charge in [-0.3, -0.25) is 0 Å².